The van der Waals surface area contributed by atoms with Crippen LogP contribution in [0.5, 0.6) is 5.75 Å². The van der Waals surface area contributed by atoms with Crippen LogP contribution in [0, 0.1) is 0 Å². The molecule has 0 amide bonds. The number of hydrogen-bond acceptors (Lipinski definition) is 4. The maximum atomic E-state index is 11.5. The van der Waals surface area contributed by atoms with E-state index in [0.717, 1.165) is 18.4 Å². The van der Waals surface area contributed by atoms with Gasteiger partial charge in [-0.1, -0.05) is 13.3 Å². The number of phenols is 1. The fourth-order valence-corrected chi connectivity index (χ4v) is 2.06. The number of fused-ring (bicyclic) bond motifs is 1. The quantitative estimate of drug-likeness (QED) is 0.827. The SMILES string of the molecule is CCCCc1cc(=O)oc2c(C(=O)O)c(O)ccc12. The van der Waals surface area contributed by atoms with E-state index in [1.54, 1.807) is 6.07 Å². The van der Waals surface area contributed by atoms with E-state index in [4.69, 9.17) is 9.52 Å². The third kappa shape index (κ3) is 2.45. The number of aryl methyl sites for hydroxylation is 1. The number of hydrogen-bond donors (Lipinski definition) is 2. The first-order chi connectivity index (χ1) is 9.04. The summed E-state index contributed by atoms with van der Waals surface area (Å²) in [5.41, 5.74) is -0.290. The fourth-order valence-electron chi connectivity index (χ4n) is 2.06. The normalized spacial score (nSPS) is 10.8. The van der Waals surface area contributed by atoms with Crippen LogP contribution < -0.4 is 5.63 Å². The van der Waals surface area contributed by atoms with Gasteiger partial charge in [-0.3, -0.25) is 0 Å². The van der Waals surface area contributed by atoms with Crippen molar-refractivity contribution < 1.29 is 19.4 Å². The van der Waals surface area contributed by atoms with Gasteiger partial charge in [0, 0.05) is 11.5 Å². The highest BCUT2D eigenvalue weighted by Gasteiger charge is 2.18. The third-order valence-corrected chi connectivity index (χ3v) is 2.99. The molecule has 5 heteroatoms. The lowest BCUT2D eigenvalue weighted by Gasteiger charge is -2.07. The van der Waals surface area contributed by atoms with Crippen molar-refractivity contribution in [3.8, 4) is 5.75 Å². The van der Waals surface area contributed by atoms with E-state index < -0.39 is 17.3 Å². The van der Waals surface area contributed by atoms with Gasteiger partial charge in [0.1, 0.15) is 11.3 Å². The molecular weight excluding hydrogens is 248 g/mol. The van der Waals surface area contributed by atoms with Crippen LogP contribution in [0.3, 0.4) is 0 Å². The number of carboxylic acids is 1. The molecule has 0 radical (unpaired) electrons. The second kappa shape index (κ2) is 5.14. The van der Waals surface area contributed by atoms with Crippen molar-refractivity contribution in [2.75, 3.05) is 0 Å². The molecule has 2 aromatic rings. The Labute approximate surface area is 109 Å². The summed E-state index contributed by atoms with van der Waals surface area (Å²) in [5, 5.41) is 19.3. The Morgan fingerprint density at radius 2 is 2.11 bits per heavy atom. The van der Waals surface area contributed by atoms with Crippen molar-refractivity contribution in [1.29, 1.82) is 0 Å². The van der Waals surface area contributed by atoms with Crippen LogP contribution in [0.15, 0.2) is 27.4 Å². The summed E-state index contributed by atoms with van der Waals surface area (Å²) < 4.78 is 4.96. The van der Waals surface area contributed by atoms with Gasteiger partial charge in [0.2, 0.25) is 0 Å². The zero-order valence-corrected chi connectivity index (χ0v) is 10.5. The van der Waals surface area contributed by atoms with Gasteiger partial charge in [0.25, 0.3) is 0 Å². The summed E-state index contributed by atoms with van der Waals surface area (Å²) in [6.45, 7) is 2.03. The average Bonchev–Trinajstić information content (AvgIpc) is 2.34. The Kier molecular flexibility index (Phi) is 3.55. The lowest BCUT2D eigenvalue weighted by atomic mass is 10.0. The molecule has 0 saturated carbocycles. The molecule has 0 aliphatic heterocycles. The Bertz CT molecular complexity index is 684. The first-order valence-electron chi connectivity index (χ1n) is 6.06. The van der Waals surface area contributed by atoms with Crippen molar-refractivity contribution in [1.82, 2.24) is 0 Å². The number of carboxylic acid groups (broad SMARTS) is 1. The smallest absolute Gasteiger partial charge is 0.343 e. The van der Waals surface area contributed by atoms with Crippen LogP contribution >= 0.6 is 0 Å². The standard InChI is InChI=1S/C14H14O5/c1-2-3-4-8-7-11(16)19-13-9(8)5-6-10(15)12(13)14(17)18/h5-7,15H,2-4H2,1H3,(H,17,18). The Balaban J connectivity index is 2.77. The van der Waals surface area contributed by atoms with Crippen molar-refractivity contribution in [2.24, 2.45) is 0 Å². The van der Waals surface area contributed by atoms with Crippen LogP contribution in [-0.2, 0) is 6.42 Å². The first kappa shape index (κ1) is 13.1. The van der Waals surface area contributed by atoms with Gasteiger partial charge in [0.05, 0.1) is 0 Å². The minimum Gasteiger partial charge on any atom is -0.507 e. The van der Waals surface area contributed by atoms with Gasteiger partial charge in [-0.15, -0.1) is 0 Å². The number of aromatic carboxylic acids is 1. The molecule has 1 aromatic heterocycles. The maximum absolute atomic E-state index is 11.5. The topological polar surface area (TPSA) is 87.7 Å². The molecule has 0 aliphatic carbocycles. The summed E-state index contributed by atoms with van der Waals surface area (Å²) in [6.07, 6.45) is 2.52. The molecular formula is C14H14O5. The fraction of sp³-hybridized carbons (Fsp3) is 0.286. The minimum atomic E-state index is -1.32. The van der Waals surface area contributed by atoms with Gasteiger partial charge >= 0.3 is 11.6 Å². The second-order valence-electron chi connectivity index (χ2n) is 4.34. The van der Waals surface area contributed by atoms with E-state index in [-0.39, 0.29) is 11.1 Å². The van der Waals surface area contributed by atoms with Crippen LogP contribution in [0.4, 0.5) is 0 Å². The second-order valence-corrected chi connectivity index (χ2v) is 4.34. The third-order valence-electron chi connectivity index (χ3n) is 2.99. The Hall–Kier alpha value is -2.30. The minimum absolute atomic E-state index is 0.0638. The molecule has 1 aromatic carbocycles. The summed E-state index contributed by atoms with van der Waals surface area (Å²) in [5.74, 6) is -1.73. The zero-order chi connectivity index (χ0) is 14.0. The van der Waals surface area contributed by atoms with Crippen molar-refractivity contribution in [2.45, 2.75) is 26.2 Å². The molecule has 5 nitrogen and oxygen atoms in total. The molecule has 100 valence electrons. The molecule has 2 rings (SSSR count). The van der Waals surface area contributed by atoms with E-state index in [0.29, 0.717) is 11.8 Å². The van der Waals surface area contributed by atoms with Gasteiger partial charge in [-0.2, -0.15) is 0 Å². The van der Waals surface area contributed by atoms with E-state index in [1.165, 1.54) is 12.1 Å². The maximum Gasteiger partial charge on any atom is 0.343 e. The summed E-state index contributed by atoms with van der Waals surface area (Å²) in [4.78, 5) is 22.7. The van der Waals surface area contributed by atoms with E-state index >= 15 is 0 Å². The highest BCUT2D eigenvalue weighted by Crippen LogP contribution is 2.28. The molecule has 2 N–H and O–H groups in total. The molecule has 0 aliphatic rings. The summed E-state index contributed by atoms with van der Waals surface area (Å²) in [6, 6.07) is 4.26. The van der Waals surface area contributed by atoms with Gasteiger partial charge in [-0.25, -0.2) is 9.59 Å². The highest BCUT2D eigenvalue weighted by molar-refractivity contribution is 6.04. The lowest BCUT2D eigenvalue weighted by Crippen LogP contribution is -2.05. The van der Waals surface area contributed by atoms with E-state index in [1.807, 2.05) is 6.92 Å². The summed E-state index contributed by atoms with van der Waals surface area (Å²) >= 11 is 0. The van der Waals surface area contributed by atoms with Gasteiger partial charge in [0.15, 0.2) is 5.58 Å². The highest BCUT2D eigenvalue weighted by atomic mass is 16.4. The number of rotatable bonds is 4. The average molecular weight is 262 g/mol. The van der Waals surface area contributed by atoms with Crippen LogP contribution in [0.1, 0.15) is 35.7 Å². The molecule has 19 heavy (non-hydrogen) atoms. The molecule has 0 bridgehead atoms. The van der Waals surface area contributed by atoms with Crippen LogP contribution in [0.25, 0.3) is 11.0 Å². The van der Waals surface area contributed by atoms with E-state index in [9.17, 15) is 14.7 Å². The number of aromatic hydroxyl groups is 1. The number of carbonyl (C=O) groups is 1. The largest absolute Gasteiger partial charge is 0.507 e. The number of benzene rings is 1. The van der Waals surface area contributed by atoms with Crippen molar-refractivity contribution in [3.63, 3.8) is 0 Å². The number of unbranched alkanes of at least 4 members (excludes halogenated alkanes) is 1. The Morgan fingerprint density at radius 1 is 1.37 bits per heavy atom. The molecule has 1 heterocycles. The van der Waals surface area contributed by atoms with Gasteiger partial charge < -0.3 is 14.6 Å². The van der Waals surface area contributed by atoms with Gasteiger partial charge in [-0.05, 0) is 30.5 Å². The molecule has 0 fully saturated rings. The first-order valence-corrected chi connectivity index (χ1v) is 6.06. The molecule has 0 spiro atoms. The molecule has 0 unspecified atom stereocenters. The predicted molar refractivity (Wildman–Crippen MR) is 69.7 cm³/mol. The predicted octanol–water partition coefficient (Wildman–Crippen LogP) is 2.54. The van der Waals surface area contributed by atoms with Crippen molar-refractivity contribution in [3.05, 3.63) is 39.7 Å². The molecule has 0 atom stereocenters. The summed E-state index contributed by atoms with van der Waals surface area (Å²) in [7, 11) is 0. The van der Waals surface area contributed by atoms with Crippen LogP contribution in [0.2, 0.25) is 0 Å². The zero-order valence-electron chi connectivity index (χ0n) is 10.5. The van der Waals surface area contributed by atoms with Crippen LogP contribution in [-0.4, -0.2) is 16.2 Å². The Morgan fingerprint density at radius 3 is 2.74 bits per heavy atom. The van der Waals surface area contributed by atoms with E-state index in [2.05, 4.69) is 0 Å². The molecule has 0 saturated heterocycles. The van der Waals surface area contributed by atoms with Crippen molar-refractivity contribution >= 4 is 16.9 Å². The lowest BCUT2D eigenvalue weighted by molar-refractivity contribution is 0.0694. The monoisotopic (exact) mass is 262 g/mol.